The first kappa shape index (κ1) is 24.4. The number of halogens is 1. The maximum Gasteiger partial charge on any atom is 0.357 e. The number of hydrogen-bond donors (Lipinski definition) is 0. The van der Waals surface area contributed by atoms with Crippen molar-refractivity contribution < 1.29 is 21.2 Å². The van der Waals surface area contributed by atoms with Crippen molar-refractivity contribution in [3.05, 3.63) is 66.8 Å². The van der Waals surface area contributed by atoms with Crippen LogP contribution >= 0.6 is 0 Å². The van der Waals surface area contributed by atoms with Gasteiger partial charge in [-0.15, -0.1) is 0 Å². The van der Waals surface area contributed by atoms with Crippen molar-refractivity contribution in [3.63, 3.8) is 0 Å². The van der Waals surface area contributed by atoms with Gasteiger partial charge in [0.05, 0.1) is 0 Å². The van der Waals surface area contributed by atoms with E-state index in [1.165, 1.54) is 82.5 Å². The highest BCUT2D eigenvalue weighted by molar-refractivity contribution is 5.17. The first-order valence-corrected chi connectivity index (χ1v) is 14.2. The molecule has 2 aromatic rings. The molecule has 0 aromatic heterocycles. The van der Waals surface area contributed by atoms with Crippen LogP contribution in [0.4, 0.5) is 0 Å². The molecule has 0 saturated heterocycles. The monoisotopic (exact) mass is 505 g/mol. The van der Waals surface area contributed by atoms with Gasteiger partial charge in [-0.1, -0.05) is 103 Å². The van der Waals surface area contributed by atoms with E-state index in [1.54, 1.807) is 0 Å². The number of unbranched alkanes of at least 4 members (excludes halogenated alkanes) is 2. The van der Waals surface area contributed by atoms with Crippen LogP contribution in [0.15, 0.2) is 48.5 Å². The maximum atomic E-state index is 2.39. The van der Waals surface area contributed by atoms with Crippen LogP contribution in [-0.2, 0) is 12.8 Å². The third-order valence-corrected chi connectivity index (χ3v) is 8.86. The SMILES string of the molecule is CCCCC(CC)Cc1ccc([I+]c2ccc(CC(CC)CCCC)cc2)cc1. The van der Waals surface area contributed by atoms with Crippen molar-refractivity contribution in [1.82, 2.24) is 0 Å². The standard InChI is InChI=1S/C28H42I/c1-5-9-11-23(7-3)21-25-13-17-27(18-14-25)29-28-19-15-26(16-20-28)22-24(8-4)12-10-6-2/h13-20,23-24H,5-12,21-22H2,1-4H3/q+1. The van der Waals surface area contributed by atoms with Crippen LogP contribution in [0.3, 0.4) is 0 Å². The Bertz CT molecular complexity index is 596. The second kappa shape index (κ2) is 14.2. The molecule has 0 fully saturated rings. The van der Waals surface area contributed by atoms with Gasteiger partial charge in [-0.05, 0) is 60.1 Å². The highest BCUT2D eigenvalue weighted by Gasteiger charge is 2.16. The third-order valence-electron chi connectivity index (χ3n) is 6.18. The van der Waals surface area contributed by atoms with E-state index in [9.17, 15) is 0 Å². The summed E-state index contributed by atoms with van der Waals surface area (Å²) in [5.74, 6) is 1.71. The zero-order chi connectivity index (χ0) is 20.9. The molecule has 0 radical (unpaired) electrons. The van der Waals surface area contributed by atoms with E-state index in [0.717, 1.165) is 11.8 Å². The smallest absolute Gasteiger partial charge is 0.0654 e. The van der Waals surface area contributed by atoms with E-state index in [4.69, 9.17) is 0 Å². The summed E-state index contributed by atoms with van der Waals surface area (Å²) < 4.78 is 3.08. The summed E-state index contributed by atoms with van der Waals surface area (Å²) in [5, 5.41) is 0. The lowest BCUT2D eigenvalue weighted by Gasteiger charge is -2.14. The average Bonchev–Trinajstić information content (AvgIpc) is 2.76. The van der Waals surface area contributed by atoms with Crippen LogP contribution in [0, 0.1) is 19.0 Å². The zero-order valence-electron chi connectivity index (χ0n) is 19.2. The molecule has 0 amide bonds. The molecule has 0 spiro atoms. The lowest BCUT2D eigenvalue weighted by molar-refractivity contribution is -0.597. The van der Waals surface area contributed by atoms with Gasteiger partial charge in [0.1, 0.15) is 0 Å². The van der Waals surface area contributed by atoms with Gasteiger partial charge < -0.3 is 0 Å². The summed E-state index contributed by atoms with van der Waals surface area (Å²) in [5.41, 5.74) is 3.04. The molecule has 160 valence electrons. The molecule has 2 aromatic carbocycles. The number of benzene rings is 2. The summed E-state index contributed by atoms with van der Waals surface area (Å²) >= 11 is -0.0662. The molecule has 0 N–H and O–H groups in total. The van der Waals surface area contributed by atoms with E-state index >= 15 is 0 Å². The summed E-state index contributed by atoms with van der Waals surface area (Å²) in [7, 11) is 0. The van der Waals surface area contributed by atoms with E-state index in [-0.39, 0.29) is 21.2 Å². The molecule has 0 bridgehead atoms. The fraction of sp³-hybridized carbons (Fsp3) is 0.571. The Hall–Kier alpha value is -0.830. The van der Waals surface area contributed by atoms with Crippen molar-refractivity contribution in [1.29, 1.82) is 0 Å². The van der Waals surface area contributed by atoms with Gasteiger partial charge in [0.2, 0.25) is 0 Å². The average molecular weight is 506 g/mol. The number of hydrogen-bond acceptors (Lipinski definition) is 0. The fourth-order valence-corrected chi connectivity index (χ4v) is 6.20. The molecule has 1 heteroatoms. The minimum absolute atomic E-state index is 0.0662. The molecular formula is C28H42I+. The van der Waals surface area contributed by atoms with Crippen LogP contribution in [0.1, 0.15) is 90.2 Å². The van der Waals surface area contributed by atoms with Crippen molar-refractivity contribution in [3.8, 4) is 0 Å². The Morgan fingerprint density at radius 3 is 1.28 bits per heavy atom. The van der Waals surface area contributed by atoms with Gasteiger partial charge in [0.15, 0.2) is 7.14 Å². The molecule has 0 nitrogen and oxygen atoms in total. The first-order valence-electron chi connectivity index (χ1n) is 12.0. The Kier molecular flexibility index (Phi) is 12.0. The zero-order valence-corrected chi connectivity index (χ0v) is 21.4. The largest absolute Gasteiger partial charge is 0.357 e. The van der Waals surface area contributed by atoms with Gasteiger partial charge in [-0.25, -0.2) is 0 Å². The maximum absolute atomic E-state index is 2.39. The van der Waals surface area contributed by atoms with Gasteiger partial charge in [-0.2, -0.15) is 0 Å². The Labute approximate surface area is 191 Å². The molecule has 0 aliphatic rings. The Morgan fingerprint density at radius 1 is 0.586 bits per heavy atom. The second-order valence-electron chi connectivity index (χ2n) is 8.59. The van der Waals surface area contributed by atoms with Gasteiger partial charge >= 0.3 is 21.2 Å². The second-order valence-corrected chi connectivity index (χ2v) is 11.6. The number of rotatable bonds is 14. The van der Waals surface area contributed by atoms with Crippen molar-refractivity contribution >= 4 is 0 Å². The predicted octanol–water partition coefficient (Wildman–Crippen LogP) is 5.33. The summed E-state index contributed by atoms with van der Waals surface area (Å²) in [6, 6.07) is 19.1. The molecule has 2 atom stereocenters. The highest BCUT2D eigenvalue weighted by atomic mass is 127. The molecule has 0 heterocycles. The van der Waals surface area contributed by atoms with Crippen LogP contribution in [-0.4, -0.2) is 0 Å². The van der Waals surface area contributed by atoms with Crippen LogP contribution in [0.2, 0.25) is 0 Å². The molecule has 2 unspecified atom stereocenters. The Balaban J connectivity index is 1.88. The van der Waals surface area contributed by atoms with E-state index in [0.29, 0.717) is 0 Å². The third kappa shape index (κ3) is 9.24. The summed E-state index contributed by atoms with van der Waals surface area (Å²) in [6.07, 6.45) is 13.2. The molecule has 0 saturated carbocycles. The summed E-state index contributed by atoms with van der Waals surface area (Å²) in [4.78, 5) is 0. The van der Waals surface area contributed by atoms with Crippen LogP contribution < -0.4 is 21.2 Å². The molecule has 0 aliphatic carbocycles. The van der Waals surface area contributed by atoms with Crippen molar-refractivity contribution in [2.24, 2.45) is 11.8 Å². The van der Waals surface area contributed by atoms with E-state index in [2.05, 4.69) is 76.2 Å². The van der Waals surface area contributed by atoms with Crippen molar-refractivity contribution in [2.45, 2.75) is 91.9 Å². The topological polar surface area (TPSA) is 0 Å². The van der Waals surface area contributed by atoms with Crippen LogP contribution in [0.5, 0.6) is 0 Å². The molecule has 2 rings (SSSR count). The predicted molar refractivity (Wildman–Crippen MR) is 124 cm³/mol. The molecule has 0 aliphatic heterocycles. The first-order chi connectivity index (χ1) is 14.2. The van der Waals surface area contributed by atoms with Crippen molar-refractivity contribution in [2.75, 3.05) is 0 Å². The fourth-order valence-electron chi connectivity index (χ4n) is 4.05. The Morgan fingerprint density at radius 2 is 0.966 bits per heavy atom. The lowest BCUT2D eigenvalue weighted by Crippen LogP contribution is -3.61. The van der Waals surface area contributed by atoms with E-state index in [1.807, 2.05) is 0 Å². The van der Waals surface area contributed by atoms with Gasteiger partial charge in [0, 0.05) is 0 Å². The van der Waals surface area contributed by atoms with Gasteiger partial charge in [0.25, 0.3) is 0 Å². The lowest BCUT2D eigenvalue weighted by atomic mass is 9.92. The normalized spacial score (nSPS) is 13.4. The molecular weight excluding hydrogens is 463 g/mol. The minimum atomic E-state index is -0.0662. The molecule has 29 heavy (non-hydrogen) atoms. The highest BCUT2D eigenvalue weighted by Crippen LogP contribution is 2.19. The van der Waals surface area contributed by atoms with Gasteiger partial charge in [-0.3, -0.25) is 0 Å². The summed E-state index contributed by atoms with van der Waals surface area (Å²) in [6.45, 7) is 9.28. The van der Waals surface area contributed by atoms with E-state index < -0.39 is 0 Å². The van der Waals surface area contributed by atoms with Crippen LogP contribution in [0.25, 0.3) is 0 Å². The quantitative estimate of drug-likeness (QED) is 0.305. The minimum Gasteiger partial charge on any atom is -0.0654 e.